The summed E-state index contributed by atoms with van der Waals surface area (Å²) in [6, 6.07) is 9.54. The Morgan fingerprint density at radius 3 is 2.79 bits per heavy atom. The number of aromatic nitrogens is 1. The molecule has 0 fully saturated rings. The number of hydrogen-bond acceptors (Lipinski definition) is 3. The van der Waals surface area contributed by atoms with Crippen molar-refractivity contribution >= 4 is 16.8 Å². The minimum absolute atomic E-state index is 0.0136. The molecular weight excluding hydrogens is 238 g/mol. The summed E-state index contributed by atoms with van der Waals surface area (Å²) in [6.07, 6.45) is 0. The molecule has 0 aliphatic heterocycles. The number of fused-ring (bicyclic) bond motifs is 1. The first-order valence-corrected chi connectivity index (χ1v) is 6.38. The van der Waals surface area contributed by atoms with Crippen LogP contribution in [0.1, 0.15) is 23.0 Å². The molecule has 0 bridgehead atoms. The molecular formula is C15H19N3O. The number of hydrogen-bond donors (Lipinski definition) is 1. The van der Waals surface area contributed by atoms with E-state index in [-0.39, 0.29) is 11.9 Å². The van der Waals surface area contributed by atoms with Gasteiger partial charge in [0.15, 0.2) is 0 Å². The highest BCUT2D eigenvalue weighted by Gasteiger charge is 2.19. The van der Waals surface area contributed by atoms with Crippen molar-refractivity contribution in [3.8, 4) is 0 Å². The van der Waals surface area contributed by atoms with Gasteiger partial charge in [0.05, 0.1) is 11.1 Å². The lowest BCUT2D eigenvalue weighted by molar-refractivity contribution is 0.0750. The number of nitrogens with zero attached hydrogens (tertiary/aromatic N) is 2. The average Bonchev–Trinajstić information content (AvgIpc) is 2.43. The van der Waals surface area contributed by atoms with Gasteiger partial charge in [0.1, 0.15) is 0 Å². The van der Waals surface area contributed by atoms with E-state index in [2.05, 4.69) is 4.98 Å². The molecule has 19 heavy (non-hydrogen) atoms. The number of para-hydroxylation sites is 1. The Labute approximate surface area is 113 Å². The average molecular weight is 257 g/mol. The fourth-order valence-corrected chi connectivity index (χ4v) is 2.03. The molecule has 1 unspecified atom stereocenters. The second-order valence-corrected chi connectivity index (χ2v) is 4.83. The molecule has 0 spiro atoms. The summed E-state index contributed by atoms with van der Waals surface area (Å²) < 4.78 is 0. The number of rotatable bonds is 3. The van der Waals surface area contributed by atoms with Crippen molar-refractivity contribution in [2.75, 3.05) is 13.6 Å². The summed E-state index contributed by atoms with van der Waals surface area (Å²) in [6.45, 7) is 4.29. The minimum Gasteiger partial charge on any atom is -0.338 e. The predicted octanol–water partition coefficient (Wildman–Crippen LogP) is 1.96. The Kier molecular flexibility index (Phi) is 3.81. The van der Waals surface area contributed by atoms with Crippen LogP contribution in [0.3, 0.4) is 0 Å². The number of pyridine rings is 1. The molecule has 100 valence electrons. The van der Waals surface area contributed by atoms with E-state index in [1.807, 2.05) is 44.2 Å². The minimum atomic E-state index is -0.0142. The van der Waals surface area contributed by atoms with Crippen LogP contribution in [0.25, 0.3) is 10.9 Å². The predicted molar refractivity (Wildman–Crippen MR) is 77.1 cm³/mol. The Hall–Kier alpha value is -1.94. The van der Waals surface area contributed by atoms with Gasteiger partial charge in [0.25, 0.3) is 5.91 Å². The third-order valence-corrected chi connectivity index (χ3v) is 3.40. The molecule has 4 heteroatoms. The maximum absolute atomic E-state index is 12.6. The monoisotopic (exact) mass is 257 g/mol. The van der Waals surface area contributed by atoms with E-state index in [4.69, 9.17) is 5.73 Å². The van der Waals surface area contributed by atoms with Gasteiger partial charge in [-0.2, -0.15) is 0 Å². The van der Waals surface area contributed by atoms with Gasteiger partial charge in [-0.3, -0.25) is 9.78 Å². The zero-order valence-corrected chi connectivity index (χ0v) is 11.6. The molecule has 0 aliphatic rings. The zero-order valence-electron chi connectivity index (χ0n) is 11.6. The van der Waals surface area contributed by atoms with Crippen molar-refractivity contribution in [3.05, 3.63) is 41.6 Å². The van der Waals surface area contributed by atoms with Crippen LogP contribution in [0.4, 0.5) is 0 Å². The Morgan fingerprint density at radius 2 is 2.11 bits per heavy atom. The zero-order chi connectivity index (χ0) is 14.0. The van der Waals surface area contributed by atoms with Gasteiger partial charge in [-0.15, -0.1) is 0 Å². The second-order valence-electron chi connectivity index (χ2n) is 4.83. The van der Waals surface area contributed by atoms with Crippen LogP contribution < -0.4 is 5.73 Å². The van der Waals surface area contributed by atoms with Crippen LogP contribution in [0, 0.1) is 6.92 Å². The molecule has 0 saturated carbocycles. The second kappa shape index (κ2) is 5.36. The van der Waals surface area contributed by atoms with Gasteiger partial charge in [0, 0.05) is 30.7 Å². The normalized spacial score (nSPS) is 12.4. The molecule has 1 aromatic heterocycles. The highest BCUT2D eigenvalue weighted by Crippen LogP contribution is 2.20. The number of carbonyl (C=O) groups excluding carboxylic acids is 1. The van der Waals surface area contributed by atoms with E-state index in [1.54, 1.807) is 11.9 Å². The van der Waals surface area contributed by atoms with E-state index in [9.17, 15) is 4.79 Å². The maximum Gasteiger partial charge on any atom is 0.254 e. The first-order valence-electron chi connectivity index (χ1n) is 6.38. The topological polar surface area (TPSA) is 59.2 Å². The Morgan fingerprint density at radius 1 is 1.42 bits per heavy atom. The highest BCUT2D eigenvalue weighted by molar-refractivity contribution is 6.06. The molecule has 2 rings (SSSR count). The molecule has 4 nitrogen and oxygen atoms in total. The molecule has 1 amide bonds. The van der Waals surface area contributed by atoms with Crippen LogP contribution in [0.5, 0.6) is 0 Å². The largest absolute Gasteiger partial charge is 0.338 e. The molecule has 1 heterocycles. The first-order chi connectivity index (χ1) is 9.04. The number of nitrogens with two attached hydrogens (primary N) is 1. The third-order valence-electron chi connectivity index (χ3n) is 3.40. The van der Waals surface area contributed by atoms with E-state index < -0.39 is 0 Å². The highest BCUT2D eigenvalue weighted by atomic mass is 16.2. The molecule has 0 radical (unpaired) electrons. The lowest BCUT2D eigenvalue weighted by Gasteiger charge is -2.24. The van der Waals surface area contributed by atoms with Crippen LogP contribution >= 0.6 is 0 Å². The summed E-state index contributed by atoms with van der Waals surface area (Å²) in [4.78, 5) is 18.7. The SMILES string of the molecule is Cc1cc(C(=O)N(C)C(C)CN)c2ccccc2n1. The summed E-state index contributed by atoms with van der Waals surface area (Å²) in [5, 5.41) is 0.883. The van der Waals surface area contributed by atoms with Crippen molar-refractivity contribution < 1.29 is 4.79 Å². The van der Waals surface area contributed by atoms with Gasteiger partial charge in [0.2, 0.25) is 0 Å². The van der Waals surface area contributed by atoms with Crippen molar-refractivity contribution in [2.45, 2.75) is 19.9 Å². The van der Waals surface area contributed by atoms with Gasteiger partial charge < -0.3 is 10.6 Å². The van der Waals surface area contributed by atoms with Gasteiger partial charge in [-0.25, -0.2) is 0 Å². The summed E-state index contributed by atoms with van der Waals surface area (Å²) in [7, 11) is 1.78. The third kappa shape index (κ3) is 2.58. The van der Waals surface area contributed by atoms with Gasteiger partial charge >= 0.3 is 0 Å². The smallest absolute Gasteiger partial charge is 0.254 e. The van der Waals surface area contributed by atoms with Crippen molar-refractivity contribution in [2.24, 2.45) is 5.73 Å². The van der Waals surface area contributed by atoms with Crippen LogP contribution in [0.2, 0.25) is 0 Å². The molecule has 2 N–H and O–H groups in total. The molecule has 1 aromatic carbocycles. The van der Waals surface area contributed by atoms with Crippen molar-refractivity contribution in [3.63, 3.8) is 0 Å². The number of aryl methyl sites for hydroxylation is 1. The van der Waals surface area contributed by atoms with Crippen molar-refractivity contribution in [1.29, 1.82) is 0 Å². The van der Waals surface area contributed by atoms with E-state index >= 15 is 0 Å². The van der Waals surface area contributed by atoms with E-state index in [1.165, 1.54) is 0 Å². The fourth-order valence-electron chi connectivity index (χ4n) is 2.03. The number of likely N-dealkylation sites (N-methyl/N-ethyl adjacent to an activating group) is 1. The van der Waals surface area contributed by atoms with Crippen LogP contribution in [-0.2, 0) is 0 Å². The first kappa shape index (κ1) is 13.5. The van der Waals surface area contributed by atoms with Crippen molar-refractivity contribution in [1.82, 2.24) is 9.88 Å². The van der Waals surface area contributed by atoms with Crippen LogP contribution in [-0.4, -0.2) is 35.4 Å². The van der Waals surface area contributed by atoms with Gasteiger partial charge in [-0.05, 0) is 26.0 Å². The Bertz CT molecular complexity index is 609. The van der Waals surface area contributed by atoms with E-state index in [0.29, 0.717) is 12.1 Å². The molecule has 0 aliphatic carbocycles. The van der Waals surface area contributed by atoms with Gasteiger partial charge in [-0.1, -0.05) is 18.2 Å². The number of amides is 1. The summed E-state index contributed by atoms with van der Waals surface area (Å²) >= 11 is 0. The number of benzene rings is 1. The number of carbonyl (C=O) groups is 1. The summed E-state index contributed by atoms with van der Waals surface area (Å²) in [5.74, 6) is -0.0142. The maximum atomic E-state index is 12.6. The molecule has 2 aromatic rings. The standard InChI is InChI=1S/C15H19N3O/c1-10-8-13(15(19)18(3)11(2)9-16)12-6-4-5-7-14(12)17-10/h4-8,11H,9,16H2,1-3H3. The Balaban J connectivity index is 2.53. The quantitative estimate of drug-likeness (QED) is 0.914. The lowest BCUT2D eigenvalue weighted by atomic mass is 10.1. The summed E-state index contributed by atoms with van der Waals surface area (Å²) in [5.41, 5.74) is 8.00. The molecule has 0 saturated heterocycles. The lowest BCUT2D eigenvalue weighted by Crippen LogP contribution is -2.39. The van der Waals surface area contributed by atoms with E-state index in [0.717, 1.165) is 16.6 Å². The molecule has 1 atom stereocenters. The fraction of sp³-hybridized carbons (Fsp3) is 0.333. The van der Waals surface area contributed by atoms with Crippen LogP contribution in [0.15, 0.2) is 30.3 Å².